The number of ketones is 1. The Kier molecular flexibility index (Phi) is 11.4. The van der Waals surface area contributed by atoms with Crippen LogP contribution in [0.1, 0.15) is 106 Å². The van der Waals surface area contributed by atoms with E-state index in [2.05, 4.69) is 46.0 Å². The number of carbonyl (C=O) groups excluding carboxylic acids is 5. The third-order valence-electron chi connectivity index (χ3n) is 9.68. The van der Waals surface area contributed by atoms with Crippen LogP contribution in [-0.2, 0) is 41.2 Å². The summed E-state index contributed by atoms with van der Waals surface area (Å²) in [5.41, 5.74) is 5.53. The molecule has 1 aliphatic heterocycles. The lowest BCUT2D eigenvalue weighted by molar-refractivity contribution is -0.147. The molecule has 1 saturated heterocycles. The van der Waals surface area contributed by atoms with Crippen molar-refractivity contribution in [1.82, 2.24) is 4.90 Å². The van der Waals surface area contributed by atoms with Crippen LogP contribution in [0.3, 0.4) is 0 Å². The Morgan fingerprint density at radius 2 is 1.49 bits per heavy atom. The number of rotatable bonds is 14. The SMILES string of the molecule is CCC(C)(C)c1cc(C(C)(C)CC)c(OCC(C(=O)C(C)(C)C)C(Cl)(C(N)=O)N2C(=O)OC(C)(C)C2=O)cc1CC(=O)Nc1ccccc1. The van der Waals surface area contributed by atoms with Crippen LogP contribution in [0.5, 0.6) is 5.75 Å². The van der Waals surface area contributed by atoms with Gasteiger partial charge in [-0.05, 0) is 66.8 Å². The Bertz CT molecular complexity index is 1610. The number of nitrogens with two attached hydrogens (primary N) is 1. The van der Waals surface area contributed by atoms with E-state index < -0.39 is 57.6 Å². The largest absolute Gasteiger partial charge is 0.492 e. The van der Waals surface area contributed by atoms with E-state index in [1.807, 2.05) is 37.3 Å². The van der Waals surface area contributed by atoms with E-state index in [0.29, 0.717) is 16.3 Å². The van der Waals surface area contributed by atoms with E-state index in [0.717, 1.165) is 29.5 Å². The molecule has 2 unspecified atom stereocenters. The lowest BCUT2D eigenvalue weighted by Gasteiger charge is -2.39. The number of imide groups is 1. The number of halogens is 1. The number of primary amides is 1. The first-order valence-corrected chi connectivity index (χ1v) is 17.1. The summed E-state index contributed by atoms with van der Waals surface area (Å²) in [6, 6.07) is 13.0. The fraction of sp³-hybridized carbons (Fsp3) is 0.553. The highest BCUT2D eigenvalue weighted by Crippen LogP contribution is 2.44. The minimum Gasteiger partial charge on any atom is -0.492 e. The molecule has 2 aromatic carbocycles. The van der Waals surface area contributed by atoms with Crippen LogP contribution in [0.15, 0.2) is 42.5 Å². The average Bonchev–Trinajstić information content (AvgIpc) is 3.21. The zero-order chi connectivity index (χ0) is 37.3. The molecule has 1 heterocycles. The molecule has 10 nitrogen and oxygen atoms in total. The number of nitrogens with one attached hydrogen (secondary N) is 1. The maximum atomic E-state index is 14.1. The van der Waals surface area contributed by atoms with Crippen LogP contribution < -0.4 is 15.8 Å². The third kappa shape index (κ3) is 8.11. The Hall–Kier alpha value is -3.92. The van der Waals surface area contributed by atoms with Gasteiger partial charge in [-0.3, -0.25) is 19.2 Å². The van der Waals surface area contributed by atoms with E-state index in [-0.39, 0.29) is 17.7 Å². The van der Waals surface area contributed by atoms with Gasteiger partial charge in [0.25, 0.3) is 11.8 Å². The van der Waals surface area contributed by atoms with Crippen molar-refractivity contribution in [1.29, 1.82) is 0 Å². The molecule has 0 bridgehead atoms. The van der Waals surface area contributed by atoms with Crippen LogP contribution in [-0.4, -0.2) is 51.7 Å². The minimum absolute atomic E-state index is 0.0329. The topological polar surface area (TPSA) is 145 Å². The summed E-state index contributed by atoms with van der Waals surface area (Å²) in [4.78, 5) is 65.0. The predicted octanol–water partition coefficient (Wildman–Crippen LogP) is 7.03. The molecule has 0 spiro atoms. The number of anilines is 1. The third-order valence-corrected chi connectivity index (χ3v) is 10.3. The second kappa shape index (κ2) is 14.1. The quantitative estimate of drug-likeness (QED) is 0.159. The molecule has 1 fully saturated rings. The highest BCUT2D eigenvalue weighted by Gasteiger charge is 2.63. The van der Waals surface area contributed by atoms with Gasteiger partial charge < -0.3 is 20.5 Å². The molecule has 11 heteroatoms. The van der Waals surface area contributed by atoms with Gasteiger partial charge in [-0.25, -0.2) is 9.69 Å². The maximum absolute atomic E-state index is 14.1. The van der Waals surface area contributed by atoms with Crippen molar-refractivity contribution in [3.05, 3.63) is 59.2 Å². The number of hydrogen-bond acceptors (Lipinski definition) is 7. The van der Waals surface area contributed by atoms with Crippen molar-refractivity contribution < 1.29 is 33.4 Å². The van der Waals surface area contributed by atoms with Gasteiger partial charge in [-0.15, -0.1) is 0 Å². The standard InChI is InChI=1S/C38H52ClN3O7/c1-12-35(6,7)25-21-26(36(8,9)13-2)28(19-23(25)20-29(43)41-24-17-15-14-16-18-24)48-22-27(30(44)34(3,4)5)38(39,31(40)45)42-32(46)37(10,11)49-33(42)47/h14-19,21,27H,12-13,20,22H2,1-11H3,(H2,40,45)(H,41,43). The molecule has 3 rings (SSSR count). The number of nitrogens with zero attached hydrogens (tertiary/aromatic N) is 1. The number of carbonyl (C=O) groups is 5. The summed E-state index contributed by atoms with van der Waals surface area (Å²) in [6.45, 7) is 19.6. The van der Waals surface area contributed by atoms with Crippen molar-refractivity contribution >= 4 is 46.9 Å². The monoisotopic (exact) mass is 697 g/mol. The van der Waals surface area contributed by atoms with Gasteiger partial charge in [0.15, 0.2) is 5.60 Å². The van der Waals surface area contributed by atoms with Crippen LogP contribution in [0.25, 0.3) is 0 Å². The average molecular weight is 698 g/mol. The lowest BCUT2D eigenvalue weighted by atomic mass is 9.74. The number of ether oxygens (including phenoxy) is 2. The van der Waals surface area contributed by atoms with Gasteiger partial charge in [0, 0.05) is 16.7 Å². The normalized spacial score (nSPS) is 16.9. The molecule has 0 aliphatic carbocycles. The second-order valence-corrected chi connectivity index (χ2v) is 16.2. The Morgan fingerprint density at radius 3 is 1.96 bits per heavy atom. The van der Waals surface area contributed by atoms with Crippen LogP contribution in [0.2, 0.25) is 0 Å². The Morgan fingerprint density at radius 1 is 0.939 bits per heavy atom. The van der Waals surface area contributed by atoms with E-state index in [9.17, 15) is 24.0 Å². The number of cyclic esters (lactones) is 1. The van der Waals surface area contributed by atoms with Crippen molar-refractivity contribution in [2.45, 2.75) is 117 Å². The molecule has 49 heavy (non-hydrogen) atoms. The van der Waals surface area contributed by atoms with Gasteiger partial charge in [0.2, 0.25) is 10.9 Å². The van der Waals surface area contributed by atoms with Gasteiger partial charge in [0.1, 0.15) is 18.1 Å². The van der Waals surface area contributed by atoms with Gasteiger partial charge in [-0.2, -0.15) is 0 Å². The van der Waals surface area contributed by atoms with Crippen molar-refractivity contribution in [2.24, 2.45) is 17.1 Å². The first kappa shape index (κ1) is 39.5. The van der Waals surface area contributed by atoms with Crippen LogP contribution in [0.4, 0.5) is 10.5 Å². The zero-order valence-corrected chi connectivity index (χ0v) is 31.5. The zero-order valence-electron chi connectivity index (χ0n) is 30.7. The van der Waals surface area contributed by atoms with E-state index in [1.54, 1.807) is 26.8 Å². The van der Waals surface area contributed by atoms with E-state index >= 15 is 0 Å². The highest BCUT2D eigenvalue weighted by atomic mass is 35.5. The highest BCUT2D eigenvalue weighted by molar-refractivity contribution is 6.38. The predicted molar refractivity (Wildman–Crippen MR) is 190 cm³/mol. The Labute approximate surface area is 295 Å². The number of benzene rings is 2. The van der Waals surface area contributed by atoms with E-state index in [1.165, 1.54) is 13.8 Å². The molecule has 268 valence electrons. The first-order chi connectivity index (χ1) is 22.4. The lowest BCUT2D eigenvalue weighted by Crippen LogP contribution is -2.64. The van der Waals surface area contributed by atoms with Crippen LogP contribution in [0, 0.1) is 11.3 Å². The van der Waals surface area contributed by atoms with Gasteiger partial charge in [0.05, 0.1) is 12.3 Å². The summed E-state index contributed by atoms with van der Waals surface area (Å²) in [5, 5.41) is 2.95. The fourth-order valence-corrected chi connectivity index (χ4v) is 6.07. The number of hydrogen-bond donors (Lipinski definition) is 2. The molecule has 1 aliphatic rings. The number of para-hydroxylation sites is 1. The summed E-state index contributed by atoms with van der Waals surface area (Å²) in [5.74, 6) is -4.20. The smallest absolute Gasteiger partial charge is 0.419 e. The summed E-state index contributed by atoms with van der Waals surface area (Å²) in [6.07, 6.45) is 0.349. The molecule has 2 atom stereocenters. The molecule has 0 radical (unpaired) electrons. The molecular weight excluding hydrogens is 646 g/mol. The number of Topliss-reactive ketones (excluding diaryl/α,β-unsaturated/α-hetero) is 1. The molecule has 4 amide bonds. The van der Waals surface area contributed by atoms with Gasteiger partial charge >= 0.3 is 6.09 Å². The number of amides is 4. The Balaban J connectivity index is 2.22. The fourth-order valence-electron chi connectivity index (χ4n) is 5.76. The van der Waals surface area contributed by atoms with Crippen molar-refractivity contribution in [2.75, 3.05) is 11.9 Å². The molecule has 3 N–H and O–H groups in total. The first-order valence-electron chi connectivity index (χ1n) is 16.7. The molecule has 0 saturated carbocycles. The second-order valence-electron chi connectivity index (χ2n) is 15.6. The summed E-state index contributed by atoms with van der Waals surface area (Å²) >= 11 is 6.94. The van der Waals surface area contributed by atoms with Crippen LogP contribution >= 0.6 is 11.6 Å². The van der Waals surface area contributed by atoms with Gasteiger partial charge in [-0.1, -0.05) is 98.2 Å². The van der Waals surface area contributed by atoms with Crippen molar-refractivity contribution in [3.8, 4) is 5.75 Å². The molecule has 2 aromatic rings. The number of alkyl halides is 1. The molecular formula is C38H52ClN3O7. The maximum Gasteiger partial charge on any atom is 0.419 e. The van der Waals surface area contributed by atoms with Crippen molar-refractivity contribution in [3.63, 3.8) is 0 Å². The minimum atomic E-state index is -2.64. The summed E-state index contributed by atoms with van der Waals surface area (Å²) < 4.78 is 11.7. The van der Waals surface area contributed by atoms with E-state index in [4.69, 9.17) is 26.8 Å². The molecule has 0 aromatic heterocycles. The summed E-state index contributed by atoms with van der Waals surface area (Å²) in [7, 11) is 0.